The largest absolute Gasteiger partial charge is 0.573 e. The van der Waals surface area contributed by atoms with Crippen molar-refractivity contribution < 1.29 is 31.8 Å². The molecular formula is C22H21F4N7O3S. The van der Waals surface area contributed by atoms with Crippen molar-refractivity contribution in [2.45, 2.75) is 37.8 Å². The van der Waals surface area contributed by atoms with Gasteiger partial charge < -0.3 is 20.5 Å². The van der Waals surface area contributed by atoms with E-state index in [4.69, 9.17) is 10.5 Å². The van der Waals surface area contributed by atoms with Gasteiger partial charge in [0, 0.05) is 18.7 Å². The van der Waals surface area contributed by atoms with Gasteiger partial charge in [-0.05, 0) is 55.2 Å². The molecule has 2 atom stereocenters. The topological polar surface area (TPSA) is 137 Å². The Kier molecular flexibility index (Phi) is 7.83. The zero-order chi connectivity index (χ0) is 26.6. The van der Waals surface area contributed by atoms with Gasteiger partial charge >= 0.3 is 6.36 Å². The van der Waals surface area contributed by atoms with Crippen LogP contribution < -0.4 is 21.1 Å². The van der Waals surface area contributed by atoms with Crippen LogP contribution in [0.3, 0.4) is 0 Å². The minimum atomic E-state index is -4.98. The normalized spacial score (nSPS) is 16.6. The zero-order valence-corrected chi connectivity index (χ0v) is 20.1. The van der Waals surface area contributed by atoms with E-state index in [1.54, 1.807) is 6.07 Å². The van der Waals surface area contributed by atoms with Crippen LogP contribution in [0.1, 0.15) is 36.6 Å². The molecule has 1 unspecified atom stereocenters. The van der Waals surface area contributed by atoms with E-state index < -0.39 is 35.5 Å². The van der Waals surface area contributed by atoms with Gasteiger partial charge in [0.05, 0.1) is 5.69 Å². The lowest BCUT2D eigenvalue weighted by Crippen LogP contribution is -2.24. The van der Waals surface area contributed by atoms with Gasteiger partial charge in [-0.3, -0.25) is 10.1 Å². The van der Waals surface area contributed by atoms with E-state index in [1.165, 1.54) is 0 Å². The molecule has 0 bridgehead atoms. The van der Waals surface area contributed by atoms with Gasteiger partial charge in [0.15, 0.2) is 6.10 Å². The van der Waals surface area contributed by atoms with Crippen molar-refractivity contribution in [3.63, 3.8) is 0 Å². The number of carbonyl (C=O) groups excluding carboxylic acids is 1. The molecule has 1 aliphatic carbocycles. The Labute approximate surface area is 211 Å². The molecule has 4 N–H and O–H groups in total. The molecule has 1 aliphatic rings. The summed E-state index contributed by atoms with van der Waals surface area (Å²) in [5, 5.41) is 22.1. The highest BCUT2D eigenvalue weighted by Crippen LogP contribution is 2.31. The molecule has 4 rings (SSSR count). The monoisotopic (exact) mass is 539 g/mol. The summed E-state index contributed by atoms with van der Waals surface area (Å²) in [5.41, 5.74) is 6.98. The van der Waals surface area contributed by atoms with Crippen molar-refractivity contribution >= 4 is 38.9 Å². The number of alkyl halides is 3. The summed E-state index contributed by atoms with van der Waals surface area (Å²) in [5.74, 6) is -2.12. The van der Waals surface area contributed by atoms with Crippen LogP contribution in [0.15, 0.2) is 36.4 Å². The van der Waals surface area contributed by atoms with Gasteiger partial charge in [-0.1, -0.05) is 17.4 Å². The molecule has 0 saturated carbocycles. The minimum Gasteiger partial charge on any atom is -0.406 e. The number of aromatic nitrogens is 4. The summed E-state index contributed by atoms with van der Waals surface area (Å²) in [7, 11) is 1.12. The summed E-state index contributed by atoms with van der Waals surface area (Å²) >= 11 is 1.05. The first kappa shape index (κ1) is 26.2. The molecule has 0 spiro atoms. The number of nitrogen functional groups attached to an aromatic ring is 1. The molecule has 3 aromatic rings. The molecule has 1 aromatic carbocycles. The number of hydrogen-bond donors (Lipinski definition) is 3. The van der Waals surface area contributed by atoms with E-state index in [2.05, 4.69) is 41.8 Å². The molecule has 37 heavy (non-hydrogen) atoms. The first-order chi connectivity index (χ1) is 17.6. The second-order valence-corrected chi connectivity index (χ2v) is 8.91. The van der Waals surface area contributed by atoms with Crippen molar-refractivity contribution in [2.75, 3.05) is 23.5 Å². The fourth-order valence-electron chi connectivity index (χ4n) is 3.68. The van der Waals surface area contributed by atoms with Gasteiger partial charge in [-0.2, -0.15) is 0 Å². The number of carbonyl (C=O) groups is 1. The molecule has 0 radical (unpaired) electrons. The summed E-state index contributed by atoms with van der Waals surface area (Å²) in [6, 6.07) is 5.89. The van der Waals surface area contributed by atoms with Crippen molar-refractivity contribution in [2.24, 2.45) is 0 Å². The summed E-state index contributed by atoms with van der Waals surface area (Å²) in [6.45, 7) is 0. The molecule has 2 heterocycles. The SMILES string of the molecule is CO[C@H](C(=O)Nc1nnc(NC2CC=C(c3ccc(N)nn3)CC2)s1)c1cc(OC(F)(F)F)ccc1F. The van der Waals surface area contributed by atoms with E-state index in [9.17, 15) is 22.4 Å². The third-order valence-electron chi connectivity index (χ3n) is 5.37. The predicted octanol–water partition coefficient (Wildman–Crippen LogP) is 4.32. The van der Waals surface area contributed by atoms with Crippen molar-refractivity contribution in [3.8, 4) is 5.75 Å². The summed E-state index contributed by atoms with van der Waals surface area (Å²) in [4.78, 5) is 12.7. The highest BCUT2D eigenvalue weighted by molar-refractivity contribution is 7.19. The van der Waals surface area contributed by atoms with Crippen LogP contribution in [-0.2, 0) is 9.53 Å². The minimum absolute atomic E-state index is 0.0687. The van der Waals surface area contributed by atoms with Crippen LogP contribution in [0.4, 0.5) is 33.6 Å². The lowest BCUT2D eigenvalue weighted by Gasteiger charge is -2.22. The molecular weight excluding hydrogens is 518 g/mol. The van der Waals surface area contributed by atoms with Crippen LogP contribution in [0.25, 0.3) is 5.57 Å². The Morgan fingerprint density at radius 1 is 1.16 bits per heavy atom. The predicted molar refractivity (Wildman–Crippen MR) is 127 cm³/mol. The Bertz CT molecular complexity index is 1280. The second kappa shape index (κ2) is 11.0. The van der Waals surface area contributed by atoms with Crippen LogP contribution in [-0.4, -0.2) is 45.8 Å². The molecule has 15 heteroatoms. The molecule has 0 saturated heterocycles. The van der Waals surface area contributed by atoms with E-state index in [0.29, 0.717) is 17.4 Å². The zero-order valence-electron chi connectivity index (χ0n) is 19.3. The average molecular weight is 540 g/mol. The standard InChI is InChI=1S/C22H21F4N7O3S/c1-35-18(14-10-13(6-7-15(14)23)36-22(24,25)26)19(34)29-21-33-32-20(37-21)28-12-4-2-11(3-5-12)16-8-9-17(27)31-30-16/h2,6-10,12,18H,3-5H2,1H3,(H2,27,31)(H,28,32)(H,29,33,34)/t12?,18-/m0/s1. The van der Waals surface area contributed by atoms with Gasteiger partial charge in [-0.15, -0.1) is 33.6 Å². The lowest BCUT2D eigenvalue weighted by molar-refractivity contribution is -0.274. The number of nitrogens with zero attached hydrogens (tertiary/aromatic N) is 4. The maximum Gasteiger partial charge on any atom is 0.573 e. The Hall–Kier alpha value is -3.85. The summed E-state index contributed by atoms with van der Waals surface area (Å²) in [6.07, 6.45) is -2.23. The maximum atomic E-state index is 14.3. The molecule has 196 valence electrons. The van der Waals surface area contributed by atoms with Gasteiger partial charge in [-0.25, -0.2) is 4.39 Å². The number of hydrogen-bond acceptors (Lipinski definition) is 10. The van der Waals surface area contributed by atoms with Gasteiger partial charge in [0.2, 0.25) is 10.3 Å². The highest BCUT2D eigenvalue weighted by atomic mass is 32.1. The van der Waals surface area contributed by atoms with Crippen LogP contribution in [0.2, 0.25) is 0 Å². The van der Waals surface area contributed by atoms with Gasteiger partial charge in [0.1, 0.15) is 17.4 Å². The quantitative estimate of drug-likeness (QED) is 0.357. The number of rotatable bonds is 8. The number of nitrogens with one attached hydrogen (secondary N) is 2. The van der Waals surface area contributed by atoms with Crippen LogP contribution in [0, 0.1) is 5.82 Å². The second-order valence-electron chi connectivity index (χ2n) is 7.94. The number of anilines is 3. The number of ether oxygens (including phenoxy) is 2. The fraction of sp³-hybridized carbons (Fsp3) is 0.318. The molecule has 1 amide bonds. The fourth-order valence-corrected chi connectivity index (χ4v) is 4.41. The van der Waals surface area contributed by atoms with Crippen molar-refractivity contribution in [3.05, 3.63) is 53.5 Å². The number of halogens is 4. The van der Waals surface area contributed by atoms with Crippen molar-refractivity contribution in [1.82, 2.24) is 20.4 Å². The van der Waals surface area contributed by atoms with E-state index in [-0.39, 0.29) is 11.2 Å². The van der Waals surface area contributed by atoms with Crippen LogP contribution >= 0.6 is 11.3 Å². The highest BCUT2D eigenvalue weighted by Gasteiger charge is 2.32. The molecule has 0 fully saturated rings. The molecule has 2 aromatic heterocycles. The number of nitrogens with two attached hydrogens (primary N) is 1. The number of allylic oxidation sites excluding steroid dienone is 1. The van der Waals surface area contributed by atoms with E-state index >= 15 is 0 Å². The number of amides is 1. The average Bonchev–Trinajstić information content (AvgIpc) is 3.28. The summed E-state index contributed by atoms with van der Waals surface area (Å²) < 4.78 is 60.7. The number of benzene rings is 1. The van der Waals surface area contributed by atoms with E-state index in [0.717, 1.165) is 60.8 Å². The third kappa shape index (κ3) is 6.89. The van der Waals surface area contributed by atoms with Crippen molar-refractivity contribution in [1.29, 1.82) is 0 Å². The first-order valence-corrected chi connectivity index (χ1v) is 11.7. The lowest BCUT2D eigenvalue weighted by atomic mass is 9.93. The number of methoxy groups -OCH3 is 1. The van der Waals surface area contributed by atoms with E-state index in [1.807, 2.05) is 6.07 Å². The maximum absolute atomic E-state index is 14.3. The van der Waals surface area contributed by atoms with Gasteiger partial charge in [0.25, 0.3) is 5.91 Å². The third-order valence-corrected chi connectivity index (χ3v) is 6.14. The first-order valence-electron chi connectivity index (χ1n) is 10.9. The smallest absolute Gasteiger partial charge is 0.406 e. The molecule has 10 nitrogen and oxygen atoms in total. The Balaban J connectivity index is 1.37. The molecule has 0 aliphatic heterocycles. The Morgan fingerprint density at radius 2 is 1.95 bits per heavy atom. The Morgan fingerprint density at radius 3 is 2.59 bits per heavy atom. The van der Waals surface area contributed by atoms with Crippen LogP contribution in [0.5, 0.6) is 5.75 Å².